The van der Waals surface area contributed by atoms with Crippen LogP contribution >= 0.6 is 0 Å². The van der Waals surface area contributed by atoms with Crippen LogP contribution in [-0.4, -0.2) is 68.1 Å². The van der Waals surface area contributed by atoms with E-state index in [0.717, 1.165) is 5.56 Å². The van der Waals surface area contributed by atoms with Crippen molar-refractivity contribution in [3.8, 4) is 0 Å². The van der Waals surface area contributed by atoms with Crippen LogP contribution in [0.1, 0.15) is 12.5 Å². The predicted molar refractivity (Wildman–Crippen MR) is 118 cm³/mol. The molecule has 1 aliphatic rings. The second-order valence-electron chi connectivity index (χ2n) is 7.48. The standard InChI is InChI=1S/C23H28FN3O5/c1-3-26(12-11-25(2)22(29)31-16-17-7-5-4-6-8-17)21-10-9-18(13-20(21)24)27-14-19(15-28)32-23(27)30/h4-10,13,19,28H,3,11-12,14-16H2,1-2H3/t19-/m1/s1. The number of ether oxygens (including phenoxy) is 2. The van der Waals surface area contributed by atoms with Crippen LogP contribution in [0.3, 0.4) is 0 Å². The van der Waals surface area contributed by atoms with Gasteiger partial charge in [-0.25, -0.2) is 14.0 Å². The Morgan fingerprint density at radius 2 is 2.00 bits per heavy atom. The van der Waals surface area contributed by atoms with Crippen molar-refractivity contribution < 1.29 is 28.6 Å². The number of benzene rings is 2. The minimum atomic E-state index is -0.616. The van der Waals surface area contributed by atoms with Gasteiger partial charge in [-0.05, 0) is 30.7 Å². The fourth-order valence-corrected chi connectivity index (χ4v) is 3.39. The molecule has 0 radical (unpaired) electrons. The molecule has 0 unspecified atom stereocenters. The topological polar surface area (TPSA) is 82.6 Å². The Hall–Kier alpha value is -3.33. The molecule has 32 heavy (non-hydrogen) atoms. The summed E-state index contributed by atoms with van der Waals surface area (Å²) in [6, 6.07) is 13.9. The summed E-state index contributed by atoms with van der Waals surface area (Å²) in [5.74, 6) is -0.487. The lowest BCUT2D eigenvalue weighted by molar-refractivity contribution is 0.0963. The zero-order valence-corrected chi connectivity index (χ0v) is 18.2. The minimum Gasteiger partial charge on any atom is -0.445 e. The first-order valence-electron chi connectivity index (χ1n) is 10.5. The van der Waals surface area contributed by atoms with Gasteiger partial charge in [0, 0.05) is 26.7 Å². The van der Waals surface area contributed by atoms with E-state index in [2.05, 4.69) is 0 Å². The number of nitrogens with zero attached hydrogens (tertiary/aromatic N) is 3. The normalized spacial score (nSPS) is 15.4. The third-order valence-corrected chi connectivity index (χ3v) is 5.27. The lowest BCUT2D eigenvalue weighted by Gasteiger charge is -2.27. The molecule has 9 heteroatoms. The Bertz CT molecular complexity index is 927. The van der Waals surface area contributed by atoms with Gasteiger partial charge in [0.15, 0.2) is 0 Å². The first-order chi connectivity index (χ1) is 15.4. The Kier molecular flexibility index (Phi) is 7.88. The molecule has 0 aromatic heterocycles. The lowest BCUT2D eigenvalue weighted by Crippen LogP contribution is -2.37. The number of carbonyl (C=O) groups excluding carboxylic acids is 2. The van der Waals surface area contributed by atoms with Crippen LogP contribution in [0.25, 0.3) is 0 Å². The molecule has 1 saturated heterocycles. The summed E-state index contributed by atoms with van der Waals surface area (Å²) in [5, 5.41) is 9.16. The predicted octanol–water partition coefficient (Wildman–Crippen LogP) is 3.24. The van der Waals surface area contributed by atoms with Crippen molar-refractivity contribution in [3.63, 3.8) is 0 Å². The molecule has 1 atom stereocenters. The van der Waals surface area contributed by atoms with Crippen molar-refractivity contribution in [2.24, 2.45) is 0 Å². The Morgan fingerprint density at radius 3 is 2.62 bits per heavy atom. The maximum atomic E-state index is 14.9. The summed E-state index contributed by atoms with van der Waals surface area (Å²) in [6.07, 6.45) is -1.68. The number of aliphatic hydroxyl groups excluding tert-OH is 1. The molecule has 1 aliphatic heterocycles. The number of cyclic esters (lactones) is 1. The van der Waals surface area contributed by atoms with Gasteiger partial charge in [-0.15, -0.1) is 0 Å². The smallest absolute Gasteiger partial charge is 0.414 e. The van der Waals surface area contributed by atoms with E-state index in [-0.39, 0.29) is 19.8 Å². The fourth-order valence-electron chi connectivity index (χ4n) is 3.39. The summed E-state index contributed by atoms with van der Waals surface area (Å²) >= 11 is 0. The average molecular weight is 445 g/mol. The van der Waals surface area contributed by atoms with Gasteiger partial charge in [-0.3, -0.25) is 4.90 Å². The van der Waals surface area contributed by atoms with Crippen molar-refractivity contribution >= 4 is 23.6 Å². The summed E-state index contributed by atoms with van der Waals surface area (Å²) in [6.45, 7) is 3.25. The summed E-state index contributed by atoms with van der Waals surface area (Å²) in [7, 11) is 1.64. The van der Waals surface area contributed by atoms with Crippen LogP contribution in [-0.2, 0) is 16.1 Å². The van der Waals surface area contributed by atoms with Crippen molar-refractivity contribution in [2.75, 3.05) is 49.6 Å². The maximum Gasteiger partial charge on any atom is 0.414 e. The zero-order chi connectivity index (χ0) is 23.1. The number of carbonyl (C=O) groups is 2. The summed E-state index contributed by atoms with van der Waals surface area (Å²) < 4.78 is 25.2. The molecular weight excluding hydrogens is 417 g/mol. The molecule has 2 aromatic rings. The Balaban J connectivity index is 1.56. The fraction of sp³-hybridized carbons (Fsp3) is 0.391. The SMILES string of the molecule is CCN(CCN(C)C(=O)OCc1ccccc1)c1ccc(N2C[C@H](CO)OC2=O)cc1F. The van der Waals surface area contributed by atoms with E-state index in [1.54, 1.807) is 24.1 Å². The third-order valence-electron chi connectivity index (χ3n) is 5.27. The highest BCUT2D eigenvalue weighted by molar-refractivity contribution is 5.90. The number of amides is 2. The van der Waals surface area contributed by atoms with E-state index in [4.69, 9.17) is 14.6 Å². The van der Waals surface area contributed by atoms with E-state index < -0.39 is 24.1 Å². The molecule has 2 aromatic carbocycles. The maximum absolute atomic E-state index is 14.9. The first kappa shape index (κ1) is 23.3. The van der Waals surface area contributed by atoms with Crippen LogP contribution in [0.15, 0.2) is 48.5 Å². The molecule has 3 rings (SSSR count). The first-order valence-corrected chi connectivity index (χ1v) is 10.5. The van der Waals surface area contributed by atoms with Crippen molar-refractivity contribution in [3.05, 3.63) is 59.9 Å². The zero-order valence-electron chi connectivity index (χ0n) is 18.2. The van der Waals surface area contributed by atoms with E-state index in [1.807, 2.05) is 37.3 Å². The highest BCUT2D eigenvalue weighted by Gasteiger charge is 2.32. The molecule has 1 fully saturated rings. The van der Waals surface area contributed by atoms with Crippen molar-refractivity contribution in [1.29, 1.82) is 0 Å². The second-order valence-corrected chi connectivity index (χ2v) is 7.48. The van der Waals surface area contributed by atoms with Crippen LogP contribution in [0.4, 0.5) is 25.4 Å². The molecule has 8 nitrogen and oxygen atoms in total. The van der Waals surface area contributed by atoms with Gasteiger partial charge in [0.05, 0.1) is 24.5 Å². The van der Waals surface area contributed by atoms with E-state index in [1.165, 1.54) is 15.9 Å². The molecule has 0 bridgehead atoms. The molecule has 1 heterocycles. The molecule has 0 saturated carbocycles. The van der Waals surface area contributed by atoms with Crippen LogP contribution < -0.4 is 9.80 Å². The molecule has 172 valence electrons. The van der Waals surface area contributed by atoms with Crippen molar-refractivity contribution in [1.82, 2.24) is 4.90 Å². The average Bonchev–Trinajstić information content (AvgIpc) is 3.19. The highest BCUT2D eigenvalue weighted by atomic mass is 19.1. The molecule has 0 aliphatic carbocycles. The van der Waals surface area contributed by atoms with Crippen LogP contribution in [0, 0.1) is 5.82 Å². The molecular formula is C23H28FN3O5. The lowest BCUT2D eigenvalue weighted by atomic mass is 10.2. The number of rotatable bonds is 9. The highest BCUT2D eigenvalue weighted by Crippen LogP contribution is 2.28. The quantitative estimate of drug-likeness (QED) is 0.638. The number of likely N-dealkylation sites (N-methyl/N-ethyl adjacent to an activating group) is 2. The molecule has 2 amide bonds. The van der Waals surface area contributed by atoms with Gasteiger partial charge in [0.2, 0.25) is 0 Å². The molecule has 1 N–H and O–H groups in total. The summed E-state index contributed by atoms with van der Waals surface area (Å²) in [4.78, 5) is 28.7. The number of hydrogen-bond donors (Lipinski definition) is 1. The summed E-state index contributed by atoms with van der Waals surface area (Å²) in [5.41, 5.74) is 1.64. The van der Waals surface area contributed by atoms with Gasteiger partial charge >= 0.3 is 12.2 Å². The van der Waals surface area contributed by atoms with Gasteiger partial charge in [0.1, 0.15) is 18.5 Å². The van der Waals surface area contributed by atoms with Gasteiger partial charge in [-0.1, -0.05) is 30.3 Å². The van der Waals surface area contributed by atoms with Crippen LogP contribution in [0.5, 0.6) is 0 Å². The van der Waals surface area contributed by atoms with E-state index in [0.29, 0.717) is 31.0 Å². The Labute approximate surface area is 186 Å². The largest absolute Gasteiger partial charge is 0.445 e. The number of halogens is 1. The van der Waals surface area contributed by atoms with E-state index in [9.17, 15) is 14.0 Å². The van der Waals surface area contributed by atoms with Gasteiger partial charge < -0.3 is 24.4 Å². The van der Waals surface area contributed by atoms with Gasteiger partial charge in [-0.2, -0.15) is 0 Å². The number of aliphatic hydroxyl groups is 1. The van der Waals surface area contributed by atoms with Gasteiger partial charge in [0.25, 0.3) is 0 Å². The monoisotopic (exact) mass is 445 g/mol. The molecule has 0 spiro atoms. The number of hydrogen-bond acceptors (Lipinski definition) is 6. The second kappa shape index (κ2) is 10.8. The van der Waals surface area contributed by atoms with Crippen LogP contribution in [0.2, 0.25) is 0 Å². The third kappa shape index (κ3) is 5.67. The Morgan fingerprint density at radius 1 is 1.25 bits per heavy atom. The number of anilines is 2. The van der Waals surface area contributed by atoms with E-state index >= 15 is 0 Å². The minimum absolute atomic E-state index is 0.168. The van der Waals surface area contributed by atoms with Crippen molar-refractivity contribution in [2.45, 2.75) is 19.6 Å².